The van der Waals surface area contributed by atoms with Gasteiger partial charge in [-0.05, 0) is 18.9 Å². The van der Waals surface area contributed by atoms with Crippen LogP contribution in [-0.4, -0.2) is 30.7 Å². The first-order valence-electron chi connectivity index (χ1n) is 5.22. The van der Waals surface area contributed by atoms with Gasteiger partial charge in [-0.15, -0.1) is 0 Å². The molecule has 2 heterocycles. The summed E-state index contributed by atoms with van der Waals surface area (Å²) in [4.78, 5) is 15.7. The van der Waals surface area contributed by atoms with Crippen molar-refractivity contribution in [2.24, 2.45) is 0 Å². The number of aromatic nitrogens is 1. The summed E-state index contributed by atoms with van der Waals surface area (Å²) >= 11 is 0. The summed E-state index contributed by atoms with van der Waals surface area (Å²) in [5.74, 6) is 0.416. The molecule has 5 heteroatoms. The van der Waals surface area contributed by atoms with Crippen LogP contribution in [0.4, 0.5) is 5.69 Å². The van der Waals surface area contributed by atoms with Gasteiger partial charge >= 0.3 is 0 Å². The maximum absolute atomic E-state index is 11.7. The fraction of sp³-hybridized carbons (Fsp3) is 0.455. The SMILES string of the molecule is COc1ccc(NC(=O)C2CCCO2)cn1. The van der Waals surface area contributed by atoms with Crippen molar-refractivity contribution in [2.45, 2.75) is 18.9 Å². The van der Waals surface area contributed by atoms with Gasteiger partial charge in [-0.3, -0.25) is 4.79 Å². The van der Waals surface area contributed by atoms with Crippen molar-refractivity contribution in [1.29, 1.82) is 0 Å². The number of pyridine rings is 1. The van der Waals surface area contributed by atoms with Crippen LogP contribution in [0.25, 0.3) is 0 Å². The largest absolute Gasteiger partial charge is 0.481 e. The van der Waals surface area contributed by atoms with Gasteiger partial charge in [0.2, 0.25) is 5.88 Å². The average Bonchev–Trinajstić information content (AvgIpc) is 2.83. The molecule has 1 atom stereocenters. The Hall–Kier alpha value is -1.62. The molecule has 0 bridgehead atoms. The third kappa shape index (κ3) is 2.49. The molecule has 1 aromatic rings. The molecule has 86 valence electrons. The zero-order chi connectivity index (χ0) is 11.4. The highest BCUT2D eigenvalue weighted by Gasteiger charge is 2.23. The van der Waals surface area contributed by atoms with E-state index in [0.717, 1.165) is 12.8 Å². The normalized spacial score (nSPS) is 19.4. The zero-order valence-corrected chi connectivity index (χ0v) is 9.10. The number of carbonyl (C=O) groups excluding carboxylic acids is 1. The molecule has 0 saturated carbocycles. The molecule has 1 saturated heterocycles. The lowest BCUT2D eigenvalue weighted by molar-refractivity contribution is -0.124. The molecule has 0 aromatic carbocycles. The Kier molecular flexibility index (Phi) is 3.36. The lowest BCUT2D eigenvalue weighted by Gasteiger charge is -2.10. The van der Waals surface area contributed by atoms with E-state index < -0.39 is 0 Å². The van der Waals surface area contributed by atoms with E-state index in [-0.39, 0.29) is 12.0 Å². The van der Waals surface area contributed by atoms with Crippen molar-refractivity contribution in [2.75, 3.05) is 19.0 Å². The quantitative estimate of drug-likeness (QED) is 0.835. The highest BCUT2D eigenvalue weighted by atomic mass is 16.5. The molecule has 1 fully saturated rings. The number of carbonyl (C=O) groups is 1. The first-order valence-corrected chi connectivity index (χ1v) is 5.22. The number of ether oxygens (including phenoxy) is 2. The number of rotatable bonds is 3. The highest BCUT2D eigenvalue weighted by molar-refractivity contribution is 5.94. The van der Waals surface area contributed by atoms with Crippen molar-refractivity contribution in [3.63, 3.8) is 0 Å². The number of nitrogens with one attached hydrogen (secondary N) is 1. The Morgan fingerprint density at radius 3 is 3.06 bits per heavy atom. The number of hydrogen-bond acceptors (Lipinski definition) is 4. The summed E-state index contributed by atoms with van der Waals surface area (Å²) in [7, 11) is 1.55. The van der Waals surface area contributed by atoms with E-state index in [9.17, 15) is 4.79 Å². The molecule has 2 rings (SSSR count). The minimum atomic E-state index is -0.317. The van der Waals surface area contributed by atoms with Crippen molar-refractivity contribution in [3.8, 4) is 5.88 Å². The van der Waals surface area contributed by atoms with Crippen LogP contribution >= 0.6 is 0 Å². The van der Waals surface area contributed by atoms with E-state index in [1.54, 1.807) is 25.4 Å². The average molecular weight is 222 g/mol. The maximum atomic E-state index is 11.7. The van der Waals surface area contributed by atoms with Crippen molar-refractivity contribution < 1.29 is 14.3 Å². The molecule has 1 aromatic heterocycles. The van der Waals surface area contributed by atoms with Gasteiger partial charge < -0.3 is 14.8 Å². The molecule has 0 aliphatic carbocycles. The molecule has 1 unspecified atom stereocenters. The van der Waals surface area contributed by atoms with Gasteiger partial charge in [0.25, 0.3) is 5.91 Å². The molecular weight excluding hydrogens is 208 g/mol. The first-order chi connectivity index (χ1) is 7.79. The second kappa shape index (κ2) is 4.94. The third-order valence-electron chi connectivity index (χ3n) is 2.44. The van der Waals surface area contributed by atoms with E-state index in [2.05, 4.69) is 10.3 Å². The first kappa shape index (κ1) is 10.9. The Morgan fingerprint density at radius 2 is 2.50 bits per heavy atom. The number of anilines is 1. The number of amides is 1. The summed E-state index contributed by atoms with van der Waals surface area (Å²) in [5, 5.41) is 2.75. The van der Waals surface area contributed by atoms with Crippen LogP contribution in [0.2, 0.25) is 0 Å². The Morgan fingerprint density at radius 1 is 1.62 bits per heavy atom. The van der Waals surface area contributed by atoms with Crippen LogP contribution in [0.3, 0.4) is 0 Å². The molecule has 1 aliphatic rings. The maximum Gasteiger partial charge on any atom is 0.253 e. The monoisotopic (exact) mass is 222 g/mol. The van der Waals surface area contributed by atoms with Gasteiger partial charge in [-0.25, -0.2) is 4.98 Å². The molecule has 0 spiro atoms. The minimum Gasteiger partial charge on any atom is -0.481 e. The molecule has 5 nitrogen and oxygen atoms in total. The van der Waals surface area contributed by atoms with E-state index in [1.807, 2.05) is 0 Å². The van der Waals surface area contributed by atoms with Crippen LogP contribution in [0.1, 0.15) is 12.8 Å². The molecule has 1 aliphatic heterocycles. The molecule has 1 amide bonds. The second-order valence-electron chi connectivity index (χ2n) is 3.58. The summed E-state index contributed by atoms with van der Waals surface area (Å²) in [6.07, 6.45) is 2.97. The predicted molar refractivity (Wildman–Crippen MR) is 58.4 cm³/mol. The standard InChI is InChI=1S/C11H14N2O3/c1-15-10-5-4-8(7-12-10)13-11(14)9-3-2-6-16-9/h4-5,7,9H,2-3,6H2,1H3,(H,13,14). The Balaban J connectivity index is 1.94. The van der Waals surface area contributed by atoms with Crippen LogP contribution < -0.4 is 10.1 Å². The van der Waals surface area contributed by atoms with E-state index >= 15 is 0 Å². The highest BCUT2D eigenvalue weighted by Crippen LogP contribution is 2.16. The predicted octanol–water partition coefficient (Wildman–Crippen LogP) is 1.21. The smallest absolute Gasteiger partial charge is 0.253 e. The fourth-order valence-electron chi connectivity index (χ4n) is 1.58. The van der Waals surface area contributed by atoms with Gasteiger partial charge in [0, 0.05) is 12.7 Å². The van der Waals surface area contributed by atoms with Crippen molar-refractivity contribution >= 4 is 11.6 Å². The number of nitrogens with zero attached hydrogens (tertiary/aromatic N) is 1. The third-order valence-corrected chi connectivity index (χ3v) is 2.44. The number of methoxy groups -OCH3 is 1. The molecule has 0 radical (unpaired) electrons. The second-order valence-corrected chi connectivity index (χ2v) is 3.58. The fourth-order valence-corrected chi connectivity index (χ4v) is 1.58. The van der Waals surface area contributed by atoms with Gasteiger partial charge in [-0.1, -0.05) is 0 Å². The van der Waals surface area contributed by atoms with Gasteiger partial charge in [0.15, 0.2) is 0 Å². The van der Waals surface area contributed by atoms with Crippen LogP contribution in [0.15, 0.2) is 18.3 Å². The molecule has 1 N–H and O–H groups in total. The van der Waals surface area contributed by atoms with Gasteiger partial charge in [-0.2, -0.15) is 0 Å². The Bertz CT molecular complexity index is 358. The van der Waals surface area contributed by atoms with Crippen LogP contribution in [0, 0.1) is 0 Å². The summed E-state index contributed by atoms with van der Waals surface area (Å²) in [5.41, 5.74) is 0.654. The number of hydrogen-bond donors (Lipinski definition) is 1. The topological polar surface area (TPSA) is 60.5 Å². The van der Waals surface area contributed by atoms with E-state index in [0.29, 0.717) is 18.2 Å². The van der Waals surface area contributed by atoms with Gasteiger partial charge in [0.05, 0.1) is 19.0 Å². The Labute approximate surface area is 93.8 Å². The molecule has 16 heavy (non-hydrogen) atoms. The summed E-state index contributed by atoms with van der Waals surface area (Å²) < 4.78 is 10.2. The minimum absolute atomic E-state index is 0.107. The van der Waals surface area contributed by atoms with E-state index in [4.69, 9.17) is 9.47 Å². The lowest BCUT2D eigenvalue weighted by Crippen LogP contribution is -2.26. The summed E-state index contributed by atoms with van der Waals surface area (Å²) in [6, 6.07) is 3.45. The molecular formula is C11H14N2O3. The lowest BCUT2D eigenvalue weighted by atomic mass is 10.2. The van der Waals surface area contributed by atoms with Crippen molar-refractivity contribution in [1.82, 2.24) is 4.98 Å². The zero-order valence-electron chi connectivity index (χ0n) is 9.10. The van der Waals surface area contributed by atoms with Gasteiger partial charge in [0.1, 0.15) is 6.10 Å². The van der Waals surface area contributed by atoms with Crippen LogP contribution in [0.5, 0.6) is 5.88 Å². The van der Waals surface area contributed by atoms with Crippen LogP contribution in [-0.2, 0) is 9.53 Å². The van der Waals surface area contributed by atoms with Crippen molar-refractivity contribution in [3.05, 3.63) is 18.3 Å². The van der Waals surface area contributed by atoms with E-state index in [1.165, 1.54) is 0 Å². The summed E-state index contributed by atoms with van der Waals surface area (Å²) in [6.45, 7) is 0.666.